The van der Waals surface area contributed by atoms with Gasteiger partial charge in [0.2, 0.25) is 0 Å². The summed E-state index contributed by atoms with van der Waals surface area (Å²) in [4.78, 5) is 35.4. The minimum atomic E-state index is -4.40. The molecule has 0 aliphatic carbocycles. The largest absolute Gasteiger partial charge is 0.472 e. The van der Waals surface area contributed by atoms with Crippen LogP contribution in [0.1, 0.15) is 322 Å². The maximum atomic E-state index is 12.8. The molecule has 0 saturated heterocycles. The Labute approximate surface area is 548 Å². The van der Waals surface area contributed by atoms with Crippen LogP contribution >= 0.6 is 7.82 Å². The van der Waals surface area contributed by atoms with Crippen molar-refractivity contribution in [1.82, 2.24) is 0 Å². The molecule has 2 atom stereocenters. The molecular weight excluding hydrogens is 1120 g/mol. The molecule has 3 N–H and O–H groups in total. The number of carbonyl (C=O) groups excluding carboxylic acids is 2. The highest BCUT2D eigenvalue weighted by atomic mass is 31.2. The Morgan fingerprint density at radius 3 is 0.921 bits per heavy atom. The molecule has 0 radical (unpaired) electrons. The quantitative estimate of drug-likeness (QED) is 0.0264. The molecule has 0 aromatic heterocycles. The van der Waals surface area contributed by atoms with Crippen LogP contribution in [0.2, 0.25) is 0 Å². The molecule has 0 amide bonds. The molecule has 0 saturated carbocycles. The lowest BCUT2D eigenvalue weighted by Crippen LogP contribution is -2.29. The lowest BCUT2D eigenvalue weighted by Gasteiger charge is -2.19. The van der Waals surface area contributed by atoms with Crippen LogP contribution in [-0.2, 0) is 32.7 Å². The van der Waals surface area contributed by atoms with Crippen LogP contribution in [0, 0.1) is 0 Å². The molecule has 0 aliphatic heterocycles. The fourth-order valence-corrected chi connectivity index (χ4v) is 10.9. The summed E-state index contributed by atoms with van der Waals surface area (Å²) in [6, 6.07) is 0. The number of phosphoric acid groups is 1. The first-order chi connectivity index (χ1) is 43.8. The molecule has 0 fully saturated rings. The number of allylic oxidation sites excluding steroid dienone is 22. The van der Waals surface area contributed by atoms with Crippen LogP contribution in [0.3, 0.4) is 0 Å². The van der Waals surface area contributed by atoms with Gasteiger partial charge in [-0.2, -0.15) is 0 Å². The van der Waals surface area contributed by atoms with Crippen molar-refractivity contribution >= 4 is 19.8 Å². The van der Waals surface area contributed by atoms with Crippen LogP contribution in [0.5, 0.6) is 0 Å². The van der Waals surface area contributed by atoms with Gasteiger partial charge in [0, 0.05) is 19.4 Å². The first kappa shape index (κ1) is 85.2. The summed E-state index contributed by atoms with van der Waals surface area (Å²) in [5.41, 5.74) is 5.40. The third-order valence-corrected chi connectivity index (χ3v) is 16.5. The van der Waals surface area contributed by atoms with Crippen molar-refractivity contribution in [2.75, 3.05) is 26.4 Å². The summed E-state index contributed by atoms with van der Waals surface area (Å²) in [7, 11) is -4.40. The number of hydrogen-bond donors (Lipinski definition) is 2. The molecule has 510 valence electrons. The Morgan fingerprint density at radius 2 is 0.618 bits per heavy atom. The van der Waals surface area contributed by atoms with Gasteiger partial charge in [0.1, 0.15) is 6.61 Å². The van der Waals surface area contributed by atoms with Gasteiger partial charge >= 0.3 is 19.8 Å². The number of hydrogen-bond acceptors (Lipinski definition) is 8. The fraction of sp³-hybridized carbons (Fsp3) is 0.696. The highest BCUT2D eigenvalue weighted by Gasteiger charge is 2.26. The maximum Gasteiger partial charge on any atom is 0.472 e. The third-order valence-electron chi connectivity index (χ3n) is 15.6. The number of esters is 2. The monoisotopic (exact) mass is 1260 g/mol. The molecule has 0 bridgehead atoms. The zero-order chi connectivity index (χ0) is 64.4. The van der Waals surface area contributed by atoms with Gasteiger partial charge in [0.25, 0.3) is 0 Å². The van der Waals surface area contributed by atoms with Crippen molar-refractivity contribution in [3.63, 3.8) is 0 Å². The average Bonchev–Trinajstić information content (AvgIpc) is 3.58. The molecule has 0 aromatic carbocycles. The van der Waals surface area contributed by atoms with Gasteiger partial charge in [-0.1, -0.05) is 347 Å². The van der Waals surface area contributed by atoms with E-state index in [-0.39, 0.29) is 38.6 Å². The second kappa shape index (κ2) is 73.2. The zero-order valence-corrected chi connectivity index (χ0v) is 58.3. The van der Waals surface area contributed by atoms with Crippen molar-refractivity contribution in [1.29, 1.82) is 0 Å². The molecule has 89 heavy (non-hydrogen) atoms. The maximum absolute atomic E-state index is 12.8. The number of ether oxygens (including phenoxy) is 2. The summed E-state index contributed by atoms with van der Waals surface area (Å²) >= 11 is 0. The van der Waals surface area contributed by atoms with E-state index in [1.54, 1.807) is 0 Å². The fourth-order valence-electron chi connectivity index (χ4n) is 10.2. The van der Waals surface area contributed by atoms with Gasteiger partial charge in [0.05, 0.1) is 13.2 Å². The molecule has 0 spiro atoms. The van der Waals surface area contributed by atoms with Crippen LogP contribution < -0.4 is 5.73 Å². The van der Waals surface area contributed by atoms with Crippen molar-refractivity contribution in [2.45, 2.75) is 328 Å². The van der Waals surface area contributed by atoms with Crippen LogP contribution in [0.4, 0.5) is 0 Å². The van der Waals surface area contributed by atoms with Crippen molar-refractivity contribution < 1.29 is 37.6 Å². The Hall–Kier alpha value is -3.85. The Balaban J connectivity index is 3.94. The first-order valence-electron chi connectivity index (χ1n) is 36.7. The van der Waals surface area contributed by atoms with E-state index in [1.165, 1.54) is 173 Å². The number of rotatable bonds is 68. The second-order valence-electron chi connectivity index (χ2n) is 24.1. The third kappa shape index (κ3) is 73.1. The lowest BCUT2D eigenvalue weighted by molar-refractivity contribution is -0.161. The number of nitrogens with two attached hydrogens (primary N) is 1. The molecule has 2 unspecified atom stereocenters. The summed E-state index contributed by atoms with van der Waals surface area (Å²) in [5, 5.41) is 0. The minimum absolute atomic E-state index is 0.0470. The Kier molecular flexibility index (Phi) is 70.0. The lowest BCUT2D eigenvalue weighted by atomic mass is 10.0. The number of unbranched alkanes of at least 4 members (excludes halogenated alkanes) is 33. The molecule has 0 aliphatic rings. The summed E-state index contributed by atoms with van der Waals surface area (Å²) in [6.07, 6.45) is 104. The highest BCUT2D eigenvalue weighted by Crippen LogP contribution is 2.43. The Morgan fingerprint density at radius 1 is 0.348 bits per heavy atom. The molecule has 0 heterocycles. The van der Waals surface area contributed by atoms with E-state index in [4.69, 9.17) is 24.3 Å². The molecule has 0 aromatic rings. The van der Waals surface area contributed by atoms with Gasteiger partial charge in [-0.25, -0.2) is 4.57 Å². The molecule has 0 rings (SSSR count). The first-order valence-corrected chi connectivity index (χ1v) is 38.2. The number of phosphoric ester groups is 1. The van der Waals surface area contributed by atoms with E-state index in [0.717, 1.165) is 116 Å². The predicted octanol–water partition coefficient (Wildman–Crippen LogP) is 24.4. The Bertz CT molecular complexity index is 1920. The van der Waals surface area contributed by atoms with Crippen LogP contribution in [0.25, 0.3) is 0 Å². The number of carbonyl (C=O) groups is 2. The molecule has 10 heteroatoms. The molecular formula is C79H136NO8P. The smallest absolute Gasteiger partial charge is 0.462 e. The van der Waals surface area contributed by atoms with E-state index in [9.17, 15) is 19.0 Å². The van der Waals surface area contributed by atoms with E-state index >= 15 is 0 Å². The highest BCUT2D eigenvalue weighted by molar-refractivity contribution is 7.47. The van der Waals surface area contributed by atoms with Crippen LogP contribution in [-0.4, -0.2) is 49.3 Å². The van der Waals surface area contributed by atoms with Crippen molar-refractivity contribution in [3.05, 3.63) is 134 Å². The summed E-state index contributed by atoms with van der Waals surface area (Å²) < 4.78 is 33.2. The minimum Gasteiger partial charge on any atom is -0.462 e. The predicted molar refractivity (Wildman–Crippen MR) is 385 cm³/mol. The van der Waals surface area contributed by atoms with Gasteiger partial charge in [0.15, 0.2) is 6.10 Å². The van der Waals surface area contributed by atoms with Gasteiger partial charge in [-0.3, -0.25) is 18.6 Å². The standard InChI is InChI=1S/C79H136NO8P/c1-3-5-7-9-11-13-15-17-19-21-23-25-27-29-31-32-33-34-35-36-37-38-39-40-41-42-43-44-46-48-50-52-54-56-58-60-62-64-66-68-70-72-79(82)88-77(76-87-89(83,84)86-74-73-80)75-85-78(81)71-69-67-65-63-61-59-57-55-53-51-49-47-45-30-28-26-24-22-20-18-16-14-12-10-8-6-4-2/h5,7,11,13,17,19,23,25,29,31,33-34,36-37,39-40,42-43,46,48,52,54,77H,3-4,6,8-10,12,14-16,18,20-22,24,26-28,30,32,35,38,41,44-45,47,49-51,53,55-76,80H2,1-2H3,(H,83,84)/b7-5-,13-11-,19-17-,25-23-,31-29-,34-33-,37-36-,40-39-,43-42-,48-46-,54-52-. The van der Waals surface area contributed by atoms with Crippen LogP contribution in [0.15, 0.2) is 134 Å². The van der Waals surface area contributed by atoms with Crippen molar-refractivity contribution in [3.8, 4) is 0 Å². The van der Waals surface area contributed by atoms with Gasteiger partial charge in [-0.15, -0.1) is 0 Å². The van der Waals surface area contributed by atoms with Gasteiger partial charge < -0.3 is 20.1 Å². The topological polar surface area (TPSA) is 134 Å². The van der Waals surface area contributed by atoms with E-state index in [0.29, 0.717) is 6.42 Å². The van der Waals surface area contributed by atoms with Gasteiger partial charge in [-0.05, 0) is 96.3 Å². The molecule has 9 nitrogen and oxygen atoms in total. The normalized spacial score (nSPS) is 13.7. The second-order valence-corrected chi connectivity index (χ2v) is 25.5. The zero-order valence-electron chi connectivity index (χ0n) is 57.4. The summed E-state index contributed by atoms with van der Waals surface area (Å²) in [5.74, 6) is -0.835. The van der Waals surface area contributed by atoms with E-state index < -0.39 is 26.5 Å². The van der Waals surface area contributed by atoms with E-state index in [1.807, 2.05) is 0 Å². The SMILES string of the molecule is CC/C=C\C/C=C\C/C=C\C/C=C\C/C=C\C/C=C\C/C=C\C/C=C\C/C=C\C/C=C\C/C=C\CCCCCCCCCC(=O)OC(COC(=O)CCCCCCCCCCCCCCCCCCCCCCCCCCCCC)COP(=O)(O)OCCN. The summed E-state index contributed by atoms with van der Waals surface area (Å²) in [6.45, 7) is 3.65. The van der Waals surface area contributed by atoms with Crippen molar-refractivity contribution in [2.24, 2.45) is 5.73 Å². The van der Waals surface area contributed by atoms with E-state index in [2.05, 4.69) is 148 Å². The average molecular weight is 1260 g/mol.